The van der Waals surface area contributed by atoms with Gasteiger partial charge in [0.25, 0.3) is 0 Å². The van der Waals surface area contributed by atoms with E-state index in [1.54, 1.807) is 12.4 Å². The van der Waals surface area contributed by atoms with Crippen molar-refractivity contribution in [2.24, 2.45) is 0 Å². The Bertz CT molecular complexity index is 1010. The number of Topliss-reactive ketones (excluding diaryl/α,β-unsaturated/α-hetero) is 1. The molecule has 0 radical (unpaired) electrons. The van der Waals surface area contributed by atoms with Crippen molar-refractivity contribution in [3.05, 3.63) is 71.7 Å². The highest BCUT2D eigenvalue weighted by molar-refractivity contribution is 5.99. The van der Waals surface area contributed by atoms with E-state index in [1.807, 2.05) is 47.1 Å². The normalized spacial score (nSPS) is 18.9. The predicted octanol–water partition coefficient (Wildman–Crippen LogP) is 3.36. The van der Waals surface area contributed by atoms with Gasteiger partial charge in [-0.3, -0.25) is 9.78 Å². The first-order valence-electron chi connectivity index (χ1n) is 8.76. The van der Waals surface area contributed by atoms with Crippen LogP contribution in [0.2, 0.25) is 0 Å². The Balaban J connectivity index is 1.69. The number of carbonyl (C=O) groups excluding carboxylic acids is 1. The Hall–Kier alpha value is -3.28. The lowest BCUT2D eigenvalue weighted by Gasteiger charge is -2.31. The number of fused-ring (bicyclic) bond motifs is 1. The van der Waals surface area contributed by atoms with Gasteiger partial charge in [0.15, 0.2) is 11.6 Å². The van der Waals surface area contributed by atoms with Crippen LogP contribution in [-0.4, -0.2) is 25.5 Å². The Morgan fingerprint density at radius 1 is 1.08 bits per heavy atom. The maximum absolute atomic E-state index is 12.7. The van der Waals surface area contributed by atoms with Gasteiger partial charge in [0.05, 0.1) is 0 Å². The van der Waals surface area contributed by atoms with Crippen LogP contribution in [0, 0.1) is 0 Å². The van der Waals surface area contributed by atoms with Crippen LogP contribution in [0.1, 0.15) is 30.9 Å². The molecule has 0 fully saturated rings. The summed E-state index contributed by atoms with van der Waals surface area (Å²) < 4.78 is 1.82. The minimum atomic E-state index is -0.285. The van der Waals surface area contributed by atoms with Gasteiger partial charge in [-0.1, -0.05) is 36.4 Å². The number of aromatic nitrogens is 4. The summed E-state index contributed by atoms with van der Waals surface area (Å²) in [5.74, 6) is 1.50. The zero-order valence-corrected chi connectivity index (χ0v) is 14.1. The molecule has 6 nitrogen and oxygen atoms in total. The average Bonchev–Trinajstić information content (AvgIpc) is 3.12. The number of ketones is 1. The van der Waals surface area contributed by atoms with Crippen LogP contribution < -0.4 is 5.32 Å². The maximum Gasteiger partial charge on any atom is 0.226 e. The van der Waals surface area contributed by atoms with Gasteiger partial charge in [-0.2, -0.15) is 4.98 Å². The van der Waals surface area contributed by atoms with Crippen molar-refractivity contribution < 1.29 is 4.79 Å². The second-order valence-corrected chi connectivity index (χ2v) is 6.55. The van der Waals surface area contributed by atoms with Gasteiger partial charge >= 0.3 is 0 Å². The van der Waals surface area contributed by atoms with E-state index in [2.05, 4.69) is 15.3 Å². The summed E-state index contributed by atoms with van der Waals surface area (Å²) in [6.45, 7) is 0. The van der Waals surface area contributed by atoms with Crippen molar-refractivity contribution in [3.63, 3.8) is 0 Å². The van der Waals surface area contributed by atoms with Gasteiger partial charge in [-0.15, -0.1) is 5.10 Å². The van der Waals surface area contributed by atoms with E-state index < -0.39 is 0 Å². The number of carbonyl (C=O) groups is 1. The zero-order chi connectivity index (χ0) is 17.5. The lowest BCUT2D eigenvalue weighted by Crippen LogP contribution is -2.31. The summed E-state index contributed by atoms with van der Waals surface area (Å²) in [6.07, 6.45) is 5.83. The largest absolute Gasteiger partial charge is 0.328 e. The molecule has 0 spiro atoms. The molecule has 2 aromatic heterocycles. The molecule has 128 valence electrons. The van der Waals surface area contributed by atoms with E-state index in [0.29, 0.717) is 18.2 Å². The third-order valence-corrected chi connectivity index (χ3v) is 4.90. The molecule has 0 amide bonds. The monoisotopic (exact) mass is 343 g/mol. The van der Waals surface area contributed by atoms with E-state index in [9.17, 15) is 4.79 Å². The summed E-state index contributed by atoms with van der Waals surface area (Å²) in [5, 5.41) is 8.08. The van der Waals surface area contributed by atoms with Gasteiger partial charge < -0.3 is 5.32 Å². The quantitative estimate of drug-likeness (QED) is 0.772. The first kappa shape index (κ1) is 15.0. The van der Waals surface area contributed by atoms with Crippen molar-refractivity contribution in [1.29, 1.82) is 0 Å². The molecular formula is C20H17N5O. The number of nitrogens with zero attached hydrogens (tertiary/aromatic N) is 4. The predicted molar refractivity (Wildman–Crippen MR) is 97.3 cm³/mol. The fraction of sp³-hybridized carbons (Fsp3) is 0.200. The van der Waals surface area contributed by atoms with E-state index in [4.69, 9.17) is 5.10 Å². The SMILES string of the molecule is O=C1CCCC2=C1[C@@H](c1cccnc1)n1nc(-c3ccccc3)nc1N2. The highest BCUT2D eigenvalue weighted by Crippen LogP contribution is 2.40. The molecule has 6 heteroatoms. The van der Waals surface area contributed by atoms with Crippen LogP contribution in [0.15, 0.2) is 66.1 Å². The molecule has 0 unspecified atom stereocenters. The number of benzene rings is 1. The fourth-order valence-corrected chi connectivity index (χ4v) is 3.71. The minimum Gasteiger partial charge on any atom is -0.328 e. The summed E-state index contributed by atoms with van der Waals surface area (Å²) in [6, 6.07) is 13.5. The Morgan fingerprint density at radius 3 is 2.77 bits per heavy atom. The highest BCUT2D eigenvalue weighted by Gasteiger charge is 2.36. The van der Waals surface area contributed by atoms with Gasteiger partial charge in [-0.05, 0) is 24.5 Å². The molecular weight excluding hydrogens is 326 g/mol. The van der Waals surface area contributed by atoms with Crippen molar-refractivity contribution >= 4 is 11.7 Å². The van der Waals surface area contributed by atoms with Crippen molar-refractivity contribution in [2.75, 3.05) is 5.32 Å². The third-order valence-electron chi connectivity index (χ3n) is 4.90. The van der Waals surface area contributed by atoms with Crippen molar-refractivity contribution in [2.45, 2.75) is 25.3 Å². The van der Waals surface area contributed by atoms with Gasteiger partial charge in [-0.25, -0.2) is 4.68 Å². The van der Waals surface area contributed by atoms with Crippen LogP contribution in [0.5, 0.6) is 0 Å². The molecule has 3 aromatic rings. The molecule has 26 heavy (non-hydrogen) atoms. The molecule has 1 aliphatic heterocycles. The van der Waals surface area contributed by atoms with Gasteiger partial charge in [0.1, 0.15) is 6.04 Å². The Morgan fingerprint density at radius 2 is 1.96 bits per heavy atom. The number of nitrogens with one attached hydrogen (secondary N) is 1. The van der Waals surface area contributed by atoms with E-state index >= 15 is 0 Å². The molecule has 5 rings (SSSR count). The van der Waals surface area contributed by atoms with Crippen LogP contribution in [0.4, 0.5) is 5.95 Å². The average molecular weight is 343 g/mol. The van der Waals surface area contributed by atoms with Crippen molar-refractivity contribution in [1.82, 2.24) is 19.7 Å². The summed E-state index contributed by atoms with van der Waals surface area (Å²) >= 11 is 0. The molecule has 1 atom stereocenters. The van der Waals surface area contributed by atoms with Crippen LogP contribution >= 0.6 is 0 Å². The minimum absolute atomic E-state index is 0.176. The maximum atomic E-state index is 12.7. The standard InChI is InChI=1S/C20H17N5O/c26-16-10-4-9-15-17(16)18(14-8-5-11-21-12-14)25-20(22-15)23-19(24-25)13-6-2-1-3-7-13/h1-3,5-8,11-12,18H,4,9-10H2,(H,22,23,24)/t18-/m1/s1. The summed E-state index contributed by atoms with van der Waals surface area (Å²) in [4.78, 5) is 21.7. The molecule has 0 saturated heterocycles. The molecule has 1 aromatic carbocycles. The molecule has 1 N–H and O–H groups in total. The molecule has 0 saturated carbocycles. The van der Waals surface area contributed by atoms with E-state index in [-0.39, 0.29) is 11.8 Å². The number of hydrogen-bond donors (Lipinski definition) is 1. The molecule has 3 heterocycles. The topological polar surface area (TPSA) is 72.7 Å². The summed E-state index contributed by atoms with van der Waals surface area (Å²) in [7, 11) is 0. The first-order valence-corrected chi connectivity index (χ1v) is 8.76. The van der Waals surface area contributed by atoms with Crippen LogP contribution in [0.25, 0.3) is 11.4 Å². The number of hydrogen-bond acceptors (Lipinski definition) is 5. The second kappa shape index (κ2) is 5.91. The van der Waals surface area contributed by atoms with E-state index in [0.717, 1.165) is 35.2 Å². The zero-order valence-electron chi connectivity index (χ0n) is 14.1. The number of rotatable bonds is 2. The number of pyridine rings is 1. The first-order chi connectivity index (χ1) is 12.8. The smallest absolute Gasteiger partial charge is 0.226 e. The molecule has 0 bridgehead atoms. The number of allylic oxidation sites excluding steroid dienone is 2. The van der Waals surface area contributed by atoms with Crippen LogP contribution in [-0.2, 0) is 4.79 Å². The van der Waals surface area contributed by atoms with E-state index in [1.165, 1.54) is 0 Å². The van der Waals surface area contributed by atoms with Gasteiger partial charge in [0, 0.05) is 35.6 Å². The summed E-state index contributed by atoms with van der Waals surface area (Å²) in [5.41, 5.74) is 3.66. The lowest BCUT2D eigenvalue weighted by atomic mass is 9.86. The third kappa shape index (κ3) is 2.34. The Kier molecular flexibility index (Phi) is 3.41. The molecule has 1 aliphatic carbocycles. The number of anilines is 1. The second-order valence-electron chi connectivity index (χ2n) is 6.55. The fourth-order valence-electron chi connectivity index (χ4n) is 3.71. The lowest BCUT2D eigenvalue weighted by molar-refractivity contribution is -0.116. The molecule has 2 aliphatic rings. The van der Waals surface area contributed by atoms with Gasteiger partial charge in [0.2, 0.25) is 5.95 Å². The van der Waals surface area contributed by atoms with Crippen LogP contribution in [0.3, 0.4) is 0 Å². The highest BCUT2D eigenvalue weighted by atomic mass is 16.1. The Labute approximate surface area is 150 Å². The van der Waals surface area contributed by atoms with Crippen molar-refractivity contribution in [3.8, 4) is 11.4 Å².